The summed E-state index contributed by atoms with van der Waals surface area (Å²) in [6.45, 7) is 0.905. The van der Waals surface area contributed by atoms with Gasteiger partial charge in [-0.3, -0.25) is 14.9 Å². The Hall–Kier alpha value is -3.81. The molecule has 33 heavy (non-hydrogen) atoms. The molecule has 1 aliphatic carbocycles. The Morgan fingerprint density at radius 1 is 1.18 bits per heavy atom. The van der Waals surface area contributed by atoms with Crippen molar-refractivity contribution in [1.29, 1.82) is 0 Å². The van der Waals surface area contributed by atoms with Gasteiger partial charge in [0.25, 0.3) is 5.91 Å². The molecule has 6 rings (SSSR count). The average Bonchev–Trinajstić information content (AvgIpc) is 3.62. The van der Waals surface area contributed by atoms with Gasteiger partial charge in [-0.1, -0.05) is 24.3 Å². The van der Waals surface area contributed by atoms with Crippen LogP contribution in [0.5, 0.6) is 0 Å². The number of hydrogen-bond acceptors (Lipinski definition) is 5. The number of aldehydes is 1. The quantitative estimate of drug-likeness (QED) is 0.629. The molecule has 1 atom stereocenters. The van der Waals surface area contributed by atoms with E-state index in [9.17, 15) is 14.0 Å². The number of aromatic nitrogens is 2. The lowest BCUT2D eigenvalue weighted by Crippen LogP contribution is -2.36. The van der Waals surface area contributed by atoms with Crippen molar-refractivity contribution in [1.82, 2.24) is 20.1 Å². The van der Waals surface area contributed by atoms with Crippen LogP contribution in [0.25, 0.3) is 0 Å². The van der Waals surface area contributed by atoms with E-state index in [2.05, 4.69) is 21.8 Å². The summed E-state index contributed by atoms with van der Waals surface area (Å²) in [6, 6.07) is 11.9. The highest BCUT2D eigenvalue weighted by atomic mass is 19.1. The van der Waals surface area contributed by atoms with Crippen molar-refractivity contribution >= 4 is 17.9 Å². The maximum absolute atomic E-state index is 14.8. The van der Waals surface area contributed by atoms with Gasteiger partial charge >= 0.3 is 0 Å². The van der Waals surface area contributed by atoms with Crippen LogP contribution in [-0.2, 0) is 17.8 Å². The first-order valence-corrected chi connectivity index (χ1v) is 11.2. The standard InChI is InChI=1S/C25H22FN5O2/c26-21-8-5-15(24-19-4-2-1-3-18(19)23(14-32)27-28-24)11-20(21)25(33)30-10-9-16-12-31(17-6-7-17)29-22(16)13-30/h1-5,8,11-12,14,17,23,27H,6-7,9-10,13H2. The second-order valence-corrected chi connectivity index (χ2v) is 8.77. The van der Waals surface area contributed by atoms with Gasteiger partial charge in [-0.25, -0.2) is 4.39 Å². The van der Waals surface area contributed by atoms with Gasteiger partial charge in [0, 0.05) is 23.9 Å². The second-order valence-electron chi connectivity index (χ2n) is 8.77. The van der Waals surface area contributed by atoms with Crippen LogP contribution in [0, 0.1) is 5.82 Å². The zero-order valence-electron chi connectivity index (χ0n) is 17.9. The van der Waals surface area contributed by atoms with E-state index in [-0.39, 0.29) is 11.5 Å². The summed E-state index contributed by atoms with van der Waals surface area (Å²) in [5.74, 6) is -0.925. The number of amides is 1. The van der Waals surface area contributed by atoms with Crippen molar-refractivity contribution in [2.24, 2.45) is 5.10 Å². The molecule has 2 aromatic carbocycles. The number of hydrogen-bond donors (Lipinski definition) is 1. The molecule has 2 aliphatic heterocycles. The van der Waals surface area contributed by atoms with Crippen molar-refractivity contribution in [2.45, 2.75) is 37.9 Å². The molecule has 3 aromatic rings. The van der Waals surface area contributed by atoms with E-state index in [0.717, 1.165) is 35.9 Å². The first kappa shape index (κ1) is 19.8. The molecule has 7 nitrogen and oxygen atoms in total. The summed E-state index contributed by atoms with van der Waals surface area (Å²) in [5.41, 5.74) is 7.69. The minimum Gasteiger partial charge on any atom is -0.332 e. The Balaban J connectivity index is 1.30. The molecular formula is C25H22FN5O2. The maximum Gasteiger partial charge on any atom is 0.257 e. The Morgan fingerprint density at radius 2 is 2.03 bits per heavy atom. The Labute approximate surface area is 189 Å². The van der Waals surface area contributed by atoms with Gasteiger partial charge < -0.3 is 9.69 Å². The molecule has 1 saturated carbocycles. The third-order valence-corrected chi connectivity index (χ3v) is 6.57. The molecule has 0 bridgehead atoms. The van der Waals surface area contributed by atoms with Crippen molar-refractivity contribution in [3.05, 3.63) is 88.0 Å². The smallest absolute Gasteiger partial charge is 0.257 e. The zero-order valence-corrected chi connectivity index (χ0v) is 17.9. The largest absolute Gasteiger partial charge is 0.332 e. The number of nitrogens with one attached hydrogen (secondary N) is 1. The van der Waals surface area contributed by atoms with Crippen LogP contribution in [0.3, 0.4) is 0 Å². The fourth-order valence-corrected chi connectivity index (χ4v) is 4.60. The van der Waals surface area contributed by atoms with Gasteiger partial charge in [-0.15, -0.1) is 0 Å². The lowest BCUT2D eigenvalue weighted by Gasteiger charge is -2.27. The van der Waals surface area contributed by atoms with E-state index in [1.807, 2.05) is 28.9 Å². The molecule has 166 valence electrons. The molecule has 8 heteroatoms. The highest BCUT2D eigenvalue weighted by Gasteiger charge is 2.30. The first-order chi connectivity index (χ1) is 16.1. The van der Waals surface area contributed by atoms with Gasteiger partial charge in [0.05, 0.1) is 29.6 Å². The van der Waals surface area contributed by atoms with Crippen LogP contribution >= 0.6 is 0 Å². The van der Waals surface area contributed by atoms with E-state index in [0.29, 0.717) is 36.8 Å². The highest BCUT2D eigenvalue weighted by Crippen LogP contribution is 2.35. The van der Waals surface area contributed by atoms with Crippen LogP contribution in [0.2, 0.25) is 0 Å². The van der Waals surface area contributed by atoms with Gasteiger partial charge in [0.2, 0.25) is 0 Å². The molecule has 0 spiro atoms. The Morgan fingerprint density at radius 3 is 2.85 bits per heavy atom. The number of nitrogens with zero attached hydrogens (tertiary/aromatic N) is 4. The van der Waals surface area contributed by atoms with E-state index in [4.69, 9.17) is 0 Å². The molecule has 1 unspecified atom stereocenters. The lowest BCUT2D eigenvalue weighted by molar-refractivity contribution is -0.109. The summed E-state index contributed by atoms with van der Waals surface area (Å²) in [5, 5.41) is 9.03. The number of carbonyl (C=O) groups is 2. The van der Waals surface area contributed by atoms with E-state index >= 15 is 0 Å². The summed E-state index contributed by atoms with van der Waals surface area (Å²) >= 11 is 0. The molecule has 1 fully saturated rings. The molecule has 0 radical (unpaired) electrons. The Kier molecular flexibility index (Phi) is 4.60. The molecule has 3 aliphatic rings. The lowest BCUT2D eigenvalue weighted by atomic mass is 9.92. The molecular weight excluding hydrogens is 421 g/mol. The number of carbonyl (C=O) groups excluding carboxylic acids is 2. The predicted octanol–water partition coefficient (Wildman–Crippen LogP) is 3.15. The monoisotopic (exact) mass is 443 g/mol. The summed E-state index contributed by atoms with van der Waals surface area (Å²) in [7, 11) is 0. The molecule has 1 amide bonds. The van der Waals surface area contributed by atoms with Crippen LogP contribution in [0.4, 0.5) is 4.39 Å². The van der Waals surface area contributed by atoms with Crippen molar-refractivity contribution in [3.8, 4) is 0 Å². The highest BCUT2D eigenvalue weighted by molar-refractivity contribution is 6.15. The van der Waals surface area contributed by atoms with Gasteiger partial charge in [0.15, 0.2) is 0 Å². The summed E-state index contributed by atoms with van der Waals surface area (Å²) < 4.78 is 16.8. The van der Waals surface area contributed by atoms with E-state index < -0.39 is 11.9 Å². The molecule has 1 aromatic heterocycles. The summed E-state index contributed by atoms with van der Waals surface area (Å²) in [4.78, 5) is 26.4. The van der Waals surface area contributed by atoms with E-state index in [1.54, 1.807) is 17.0 Å². The number of rotatable bonds is 4. The fraction of sp³-hybridized carbons (Fsp3) is 0.280. The third kappa shape index (κ3) is 3.42. The van der Waals surface area contributed by atoms with Crippen molar-refractivity contribution in [2.75, 3.05) is 6.54 Å². The zero-order chi connectivity index (χ0) is 22.5. The number of benzene rings is 2. The van der Waals surface area contributed by atoms with Crippen molar-refractivity contribution < 1.29 is 14.0 Å². The predicted molar refractivity (Wildman–Crippen MR) is 119 cm³/mol. The topological polar surface area (TPSA) is 79.6 Å². The normalized spacial score (nSPS) is 19.2. The number of hydrazone groups is 1. The Bertz CT molecular complexity index is 1310. The molecule has 1 N–H and O–H groups in total. The summed E-state index contributed by atoms with van der Waals surface area (Å²) in [6.07, 6.45) is 5.90. The van der Waals surface area contributed by atoms with Crippen molar-refractivity contribution in [3.63, 3.8) is 0 Å². The molecule has 0 saturated heterocycles. The van der Waals surface area contributed by atoms with Crippen LogP contribution in [-0.4, -0.2) is 39.1 Å². The number of fused-ring (bicyclic) bond motifs is 2. The van der Waals surface area contributed by atoms with Gasteiger partial charge in [0.1, 0.15) is 18.1 Å². The molecule has 3 heterocycles. The third-order valence-electron chi connectivity index (χ3n) is 6.57. The first-order valence-electron chi connectivity index (χ1n) is 11.2. The SMILES string of the molecule is O=CC1NN=C(c2ccc(F)c(C(=O)N3CCc4cn(C5CC5)nc4C3)c2)c2ccccc21. The van der Waals surface area contributed by atoms with Crippen LogP contribution in [0.15, 0.2) is 53.8 Å². The second kappa shape index (κ2) is 7.65. The van der Waals surface area contributed by atoms with Gasteiger partial charge in [-0.2, -0.15) is 10.2 Å². The van der Waals surface area contributed by atoms with Gasteiger partial charge in [-0.05, 0) is 48.6 Å². The number of halogens is 1. The minimum absolute atomic E-state index is 0.00951. The van der Waals surface area contributed by atoms with Crippen LogP contribution < -0.4 is 5.43 Å². The average molecular weight is 443 g/mol. The minimum atomic E-state index is -0.568. The van der Waals surface area contributed by atoms with E-state index in [1.165, 1.54) is 11.6 Å². The maximum atomic E-state index is 14.8. The fourth-order valence-electron chi connectivity index (χ4n) is 4.60. The van der Waals surface area contributed by atoms with Crippen LogP contribution in [0.1, 0.15) is 63.2 Å².